The van der Waals surface area contributed by atoms with Crippen LogP contribution in [-0.4, -0.2) is 33.0 Å². The maximum Gasteiger partial charge on any atom is 0.233 e. The molecule has 1 atom stereocenters. The molecule has 7 heteroatoms. The summed E-state index contributed by atoms with van der Waals surface area (Å²) in [5.41, 5.74) is 0.948. The van der Waals surface area contributed by atoms with E-state index in [-0.39, 0.29) is 11.2 Å². The third kappa shape index (κ3) is 3.98. The Hall–Kier alpha value is -2.02. The number of aromatic nitrogens is 3. The van der Waals surface area contributed by atoms with Crippen LogP contribution in [0, 0.1) is 0 Å². The molecule has 1 aromatic carbocycles. The molecule has 1 unspecified atom stereocenters. The Morgan fingerprint density at radius 3 is 2.90 bits per heavy atom. The van der Waals surface area contributed by atoms with Gasteiger partial charge in [-0.1, -0.05) is 30.0 Å². The fourth-order valence-corrected chi connectivity index (χ4v) is 2.58. The number of benzene rings is 1. The number of nitrogens with one attached hydrogen (secondary N) is 1. The normalized spacial score (nSPS) is 12.0. The van der Waals surface area contributed by atoms with Crippen molar-refractivity contribution in [3.63, 3.8) is 0 Å². The minimum Gasteiger partial charge on any atom is -0.496 e. The van der Waals surface area contributed by atoms with Gasteiger partial charge >= 0.3 is 0 Å². The number of hydrogen-bond acceptors (Lipinski definition) is 5. The number of ether oxygens (including phenoxy) is 1. The molecule has 1 heterocycles. The van der Waals surface area contributed by atoms with Gasteiger partial charge in [-0.2, -0.15) is 0 Å². The van der Waals surface area contributed by atoms with E-state index in [4.69, 9.17) is 4.74 Å². The van der Waals surface area contributed by atoms with Crippen molar-refractivity contribution in [3.05, 3.63) is 36.2 Å². The number of amides is 1. The number of methoxy groups -OCH3 is 1. The van der Waals surface area contributed by atoms with Gasteiger partial charge in [0.05, 0.1) is 12.4 Å². The molecule has 2 aromatic rings. The average Bonchev–Trinajstić information content (AvgIpc) is 2.90. The summed E-state index contributed by atoms with van der Waals surface area (Å²) in [6.45, 7) is 2.28. The molecule has 1 amide bonds. The maximum atomic E-state index is 12.1. The highest BCUT2D eigenvalue weighted by Crippen LogP contribution is 2.21. The van der Waals surface area contributed by atoms with Crippen LogP contribution < -0.4 is 10.1 Å². The lowest BCUT2D eigenvalue weighted by atomic mass is 10.2. The summed E-state index contributed by atoms with van der Waals surface area (Å²) in [5, 5.41) is 11.1. The highest BCUT2D eigenvalue weighted by atomic mass is 32.2. The van der Waals surface area contributed by atoms with E-state index < -0.39 is 0 Å². The lowest BCUT2D eigenvalue weighted by Crippen LogP contribution is -2.30. The van der Waals surface area contributed by atoms with Crippen molar-refractivity contribution < 1.29 is 9.53 Å². The number of rotatable bonds is 6. The molecule has 0 saturated carbocycles. The smallest absolute Gasteiger partial charge is 0.233 e. The zero-order valence-electron chi connectivity index (χ0n) is 12.2. The molecule has 0 saturated heterocycles. The summed E-state index contributed by atoms with van der Waals surface area (Å²) in [4.78, 5) is 12.1. The van der Waals surface area contributed by atoms with Gasteiger partial charge in [-0.3, -0.25) is 4.79 Å². The van der Waals surface area contributed by atoms with Crippen LogP contribution in [0.1, 0.15) is 12.5 Å². The zero-order chi connectivity index (χ0) is 15.2. The van der Waals surface area contributed by atoms with Crippen LogP contribution in [0.3, 0.4) is 0 Å². The molecule has 0 aliphatic rings. The average molecular weight is 306 g/mol. The zero-order valence-corrected chi connectivity index (χ0v) is 13.1. The predicted molar refractivity (Wildman–Crippen MR) is 81.2 cm³/mol. The van der Waals surface area contributed by atoms with Gasteiger partial charge < -0.3 is 14.6 Å². The van der Waals surface area contributed by atoms with Gasteiger partial charge in [0, 0.05) is 19.2 Å². The fourth-order valence-electron chi connectivity index (χ4n) is 1.77. The summed E-state index contributed by atoms with van der Waals surface area (Å²) in [6.07, 6.45) is 1.61. The number of aryl methyl sites for hydroxylation is 1. The first-order valence-electron chi connectivity index (χ1n) is 6.52. The Morgan fingerprint density at radius 1 is 1.48 bits per heavy atom. The van der Waals surface area contributed by atoms with Crippen LogP contribution >= 0.6 is 11.8 Å². The molecule has 21 heavy (non-hydrogen) atoms. The van der Waals surface area contributed by atoms with Crippen LogP contribution in [0.4, 0.5) is 0 Å². The van der Waals surface area contributed by atoms with Gasteiger partial charge in [-0.25, -0.2) is 0 Å². The Morgan fingerprint density at radius 2 is 2.24 bits per heavy atom. The van der Waals surface area contributed by atoms with Gasteiger partial charge in [0.2, 0.25) is 5.91 Å². The van der Waals surface area contributed by atoms with E-state index in [1.54, 1.807) is 18.0 Å². The Labute approximate surface area is 127 Å². The number of carbonyl (C=O) groups excluding carboxylic acids is 1. The second-order valence-electron chi connectivity index (χ2n) is 4.51. The molecule has 1 N–H and O–H groups in total. The maximum absolute atomic E-state index is 12.1. The van der Waals surface area contributed by atoms with Crippen LogP contribution in [-0.2, 0) is 18.4 Å². The summed E-state index contributed by atoms with van der Waals surface area (Å²) < 4.78 is 7.05. The molecular weight excluding hydrogens is 288 g/mol. The number of thioether (sulfide) groups is 1. The molecule has 0 fully saturated rings. The molecule has 0 radical (unpaired) electrons. The molecule has 0 bridgehead atoms. The van der Waals surface area contributed by atoms with Crippen molar-refractivity contribution in [2.75, 3.05) is 7.11 Å². The van der Waals surface area contributed by atoms with E-state index in [1.165, 1.54) is 11.8 Å². The van der Waals surface area contributed by atoms with Crippen LogP contribution in [0.25, 0.3) is 0 Å². The van der Waals surface area contributed by atoms with E-state index in [1.807, 2.05) is 38.2 Å². The van der Waals surface area contributed by atoms with Crippen LogP contribution in [0.15, 0.2) is 35.7 Å². The highest BCUT2D eigenvalue weighted by molar-refractivity contribution is 8.00. The van der Waals surface area contributed by atoms with Gasteiger partial charge in [-0.05, 0) is 13.0 Å². The Kier molecular flexibility index (Phi) is 5.21. The van der Waals surface area contributed by atoms with Crippen LogP contribution in [0.2, 0.25) is 0 Å². The molecule has 112 valence electrons. The Balaban J connectivity index is 1.91. The number of para-hydroxylation sites is 1. The Bertz CT molecular complexity index is 615. The van der Waals surface area contributed by atoms with Crippen molar-refractivity contribution >= 4 is 17.7 Å². The molecule has 2 rings (SSSR count). The third-order valence-corrected chi connectivity index (χ3v) is 4.11. The molecule has 0 spiro atoms. The second kappa shape index (κ2) is 7.12. The summed E-state index contributed by atoms with van der Waals surface area (Å²) in [5.74, 6) is 0.723. The van der Waals surface area contributed by atoms with Gasteiger partial charge in [0.1, 0.15) is 12.1 Å². The third-order valence-electron chi connectivity index (χ3n) is 2.97. The van der Waals surface area contributed by atoms with E-state index in [0.717, 1.165) is 16.5 Å². The standard InChI is InChI=1S/C14H18N4O2S/c1-10(21-14-17-16-9-18(14)2)13(19)15-8-11-6-4-5-7-12(11)20-3/h4-7,9-10H,8H2,1-3H3,(H,15,19). The van der Waals surface area contributed by atoms with Crippen molar-refractivity contribution in [2.24, 2.45) is 7.05 Å². The molecule has 0 aliphatic heterocycles. The minimum atomic E-state index is -0.248. The minimum absolute atomic E-state index is 0.0473. The van der Waals surface area contributed by atoms with Crippen molar-refractivity contribution in [2.45, 2.75) is 23.9 Å². The van der Waals surface area contributed by atoms with E-state index in [9.17, 15) is 4.79 Å². The van der Waals surface area contributed by atoms with Gasteiger partial charge in [-0.15, -0.1) is 10.2 Å². The van der Waals surface area contributed by atoms with E-state index in [0.29, 0.717) is 6.54 Å². The first-order valence-corrected chi connectivity index (χ1v) is 7.40. The van der Waals surface area contributed by atoms with Crippen molar-refractivity contribution in [3.8, 4) is 5.75 Å². The summed E-state index contributed by atoms with van der Waals surface area (Å²) in [6, 6.07) is 7.62. The number of hydrogen-bond donors (Lipinski definition) is 1. The quantitative estimate of drug-likeness (QED) is 0.821. The first kappa shape index (κ1) is 15.4. The highest BCUT2D eigenvalue weighted by Gasteiger charge is 2.17. The first-order chi connectivity index (χ1) is 10.1. The lowest BCUT2D eigenvalue weighted by Gasteiger charge is -2.13. The van der Waals surface area contributed by atoms with Crippen molar-refractivity contribution in [1.82, 2.24) is 20.1 Å². The van der Waals surface area contributed by atoms with Crippen LogP contribution in [0.5, 0.6) is 5.75 Å². The van der Waals surface area contributed by atoms with Gasteiger partial charge in [0.25, 0.3) is 0 Å². The van der Waals surface area contributed by atoms with E-state index >= 15 is 0 Å². The number of carbonyl (C=O) groups is 1. The SMILES string of the molecule is COc1ccccc1CNC(=O)C(C)Sc1nncn1C. The van der Waals surface area contributed by atoms with E-state index in [2.05, 4.69) is 15.5 Å². The molecular formula is C14H18N4O2S. The fraction of sp³-hybridized carbons (Fsp3) is 0.357. The summed E-state index contributed by atoms with van der Waals surface area (Å²) >= 11 is 1.38. The molecule has 0 aliphatic carbocycles. The van der Waals surface area contributed by atoms with Crippen molar-refractivity contribution in [1.29, 1.82) is 0 Å². The monoisotopic (exact) mass is 306 g/mol. The largest absolute Gasteiger partial charge is 0.496 e. The molecule has 6 nitrogen and oxygen atoms in total. The second-order valence-corrected chi connectivity index (χ2v) is 5.82. The van der Waals surface area contributed by atoms with Gasteiger partial charge in [0.15, 0.2) is 5.16 Å². The number of nitrogens with zero attached hydrogens (tertiary/aromatic N) is 3. The predicted octanol–water partition coefficient (Wildman–Crippen LogP) is 1.62. The lowest BCUT2D eigenvalue weighted by molar-refractivity contribution is -0.120. The summed E-state index contributed by atoms with van der Waals surface area (Å²) in [7, 11) is 3.47. The topological polar surface area (TPSA) is 69.0 Å². The molecule has 1 aromatic heterocycles.